The third kappa shape index (κ3) is 2.41. The van der Waals surface area contributed by atoms with Crippen LogP contribution in [0.1, 0.15) is 5.69 Å². The summed E-state index contributed by atoms with van der Waals surface area (Å²) in [7, 11) is 0. The maximum Gasteiger partial charge on any atom is 0.417 e. The second kappa shape index (κ2) is 5.46. The van der Waals surface area contributed by atoms with Crippen LogP contribution in [0.25, 0.3) is 22.4 Å². The molecule has 0 radical (unpaired) electrons. The van der Waals surface area contributed by atoms with Gasteiger partial charge in [0.1, 0.15) is 5.15 Å². The van der Waals surface area contributed by atoms with Gasteiger partial charge in [-0.15, -0.1) is 0 Å². The molecule has 0 aliphatic rings. The van der Waals surface area contributed by atoms with Gasteiger partial charge in [-0.1, -0.05) is 57.9 Å². The van der Waals surface area contributed by atoms with Gasteiger partial charge < -0.3 is 5.11 Å². The molecule has 106 valence electrons. The highest BCUT2D eigenvalue weighted by molar-refractivity contribution is 9.08. The molecule has 7 heteroatoms. The fraction of sp³-hybridized carbons (Fsp3) is 0.0714. The van der Waals surface area contributed by atoms with Gasteiger partial charge in [-0.05, 0) is 6.07 Å². The number of benzene rings is 1. The predicted octanol–water partition coefficient (Wildman–Crippen LogP) is 4.17. The molecule has 3 aromatic rings. The Kier molecular flexibility index (Phi) is 3.65. The summed E-state index contributed by atoms with van der Waals surface area (Å²) in [5, 5.41) is 10.5. The van der Waals surface area contributed by atoms with Crippen LogP contribution in [-0.4, -0.2) is 25.7 Å². The molecule has 0 amide bonds. The maximum absolute atomic E-state index is 11.5. The fourth-order valence-electron chi connectivity index (χ4n) is 2.12. The molecule has 0 saturated heterocycles. The van der Waals surface area contributed by atoms with Crippen molar-refractivity contribution >= 4 is 44.7 Å². The molecule has 21 heavy (non-hydrogen) atoms. The molecule has 2 aromatic heterocycles. The normalized spacial score (nSPS) is 11.0. The standard InChI is InChI=1S/C14H9BrClN3O2/c15-7-9-6-10-11(16)17-12(8-4-2-1-3-5-8)18-13(10)19(9)14(20)21/h1-6H,7H2,(H,20,21). The number of aromatic nitrogens is 3. The van der Waals surface area contributed by atoms with Crippen molar-refractivity contribution in [2.24, 2.45) is 0 Å². The van der Waals surface area contributed by atoms with Crippen molar-refractivity contribution in [1.82, 2.24) is 14.5 Å². The zero-order valence-electron chi connectivity index (χ0n) is 10.6. The first-order valence-corrected chi connectivity index (χ1v) is 7.54. The average molecular weight is 367 g/mol. The molecule has 0 aliphatic heterocycles. The van der Waals surface area contributed by atoms with E-state index in [1.54, 1.807) is 6.07 Å². The van der Waals surface area contributed by atoms with Gasteiger partial charge in [0.15, 0.2) is 11.5 Å². The largest absolute Gasteiger partial charge is 0.464 e. The number of nitrogens with zero attached hydrogens (tertiary/aromatic N) is 3. The molecule has 0 atom stereocenters. The van der Waals surface area contributed by atoms with Crippen molar-refractivity contribution in [1.29, 1.82) is 0 Å². The number of halogens is 2. The molecule has 0 bridgehead atoms. The zero-order chi connectivity index (χ0) is 15.0. The van der Waals surface area contributed by atoms with E-state index in [0.717, 1.165) is 10.1 Å². The number of hydrogen-bond acceptors (Lipinski definition) is 3. The Morgan fingerprint density at radius 2 is 2.00 bits per heavy atom. The summed E-state index contributed by atoms with van der Waals surface area (Å²) in [4.78, 5) is 20.1. The van der Waals surface area contributed by atoms with Gasteiger partial charge in [-0.2, -0.15) is 0 Å². The van der Waals surface area contributed by atoms with E-state index < -0.39 is 6.09 Å². The molecular formula is C14H9BrClN3O2. The van der Waals surface area contributed by atoms with Crippen LogP contribution in [0.15, 0.2) is 36.4 Å². The molecule has 3 rings (SSSR count). The van der Waals surface area contributed by atoms with Gasteiger partial charge in [0.05, 0.1) is 5.39 Å². The number of fused-ring (bicyclic) bond motifs is 1. The maximum atomic E-state index is 11.5. The van der Waals surface area contributed by atoms with Crippen molar-refractivity contribution in [3.63, 3.8) is 0 Å². The van der Waals surface area contributed by atoms with Gasteiger partial charge in [-0.25, -0.2) is 19.3 Å². The second-order valence-electron chi connectivity index (χ2n) is 4.33. The van der Waals surface area contributed by atoms with Crippen LogP contribution in [0.4, 0.5) is 4.79 Å². The van der Waals surface area contributed by atoms with Gasteiger partial charge >= 0.3 is 6.09 Å². The van der Waals surface area contributed by atoms with Crippen molar-refractivity contribution < 1.29 is 9.90 Å². The zero-order valence-corrected chi connectivity index (χ0v) is 13.0. The highest BCUT2D eigenvalue weighted by atomic mass is 79.9. The lowest BCUT2D eigenvalue weighted by Gasteiger charge is -2.04. The minimum absolute atomic E-state index is 0.237. The number of rotatable bonds is 2. The van der Waals surface area contributed by atoms with Gasteiger partial charge in [0.25, 0.3) is 0 Å². The summed E-state index contributed by atoms with van der Waals surface area (Å²) in [5.74, 6) is 0.398. The Hall–Kier alpha value is -1.92. The van der Waals surface area contributed by atoms with E-state index in [1.165, 1.54) is 0 Å². The summed E-state index contributed by atoms with van der Waals surface area (Å²) in [5.41, 5.74) is 1.62. The molecule has 0 spiro atoms. The van der Waals surface area contributed by atoms with Crippen molar-refractivity contribution in [2.75, 3.05) is 0 Å². The van der Waals surface area contributed by atoms with Gasteiger partial charge in [0, 0.05) is 16.6 Å². The molecule has 0 unspecified atom stereocenters. The van der Waals surface area contributed by atoms with Crippen LogP contribution >= 0.6 is 27.5 Å². The number of hydrogen-bond donors (Lipinski definition) is 1. The highest BCUT2D eigenvalue weighted by Crippen LogP contribution is 2.28. The smallest absolute Gasteiger partial charge is 0.417 e. The van der Waals surface area contributed by atoms with Gasteiger partial charge in [0.2, 0.25) is 0 Å². The minimum Gasteiger partial charge on any atom is -0.464 e. The van der Waals surface area contributed by atoms with Crippen LogP contribution in [0.5, 0.6) is 0 Å². The summed E-state index contributed by atoms with van der Waals surface area (Å²) in [6.07, 6.45) is -1.10. The van der Waals surface area contributed by atoms with E-state index >= 15 is 0 Å². The first kappa shape index (κ1) is 14.0. The first-order chi connectivity index (χ1) is 10.1. The van der Waals surface area contributed by atoms with Crippen molar-refractivity contribution in [3.05, 3.63) is 47.2 Å². The van der Waals surface area contributed by atoms with Crippen LogP contribution in [0.2, 0.25) is 5.15 Å². The van der Waals surface area contributed by atoms with Crippen molar-refractivity contribution in [3.8, 4) is 11.4 Å². The first-order valence-electron chi connectivity index (χ1n) is 6.04. The second-order valence-corrected chi connectivity index (χ2v) is 5.25. The van der Waals surface area contributed by atoms with Crippen LogP contribution in [0, 0.1) is 0 Å². The third-order valence-corrected chi connectivity index (χ3v) is 3.91. The molecule has 1 aromatic carbocycles. The summed E-state index contributed by atoms with van der Waals surface area (Å²) >= 11 is 9.45. The number of alkyl halides is 1. The fourth-order valence-corrected chi connectivity index (χ4v) is 2.75. The summed E-state index contributed by atoms with van der Waals surface area (Å²) in [6.45, 7) is 0. The lowest BCUT2D eigenvalue weighted by Crippen LogP contribution is -2.11. The molecule has 2 heterocycles. The lowest BCUT2D eigenvalue weighted by molar-refractivity contribution is 0.197. The third-order valence-electron chi connectivity index (χ3n) is 3.05. The minimum atomic E-state index is -1.10. The molecule has 5 nitrogen and oxygen atoms in total. The lowest BCUT2D eigenvalue weighted by atomic mass is 10.2. The number of carboxylic acid groups (broad SMARTS) is 1. The Balaban J connectivity index is 2.32. The molecule has 0 aliphatic carbocycles. The summed E-state index contributed by atoms with van der Waals surface area (Å²) in [6, 6.07) is 11.0. The number of carbonyl (C=O) groups is 1. The quantitative estimate of drug-likeness (QED) is 0.546. The van der Waals surface area contributed by atoms with Crippen LogP contribution in [-0.2, 0) is 5.33 Å². The van der Waals surface area contributed by atoms with Crippen molar-refractivity contribution in [2.45, 2.75) is 5.33 Å². The van der Waals surface area contributed by atoms with Crippen LogP contribution < -0.4 is 0 Å². The topological polar surface area (TPSA) is 68.0 Å². The van der Waals surface area contributed by atoms with Crippen LogP contribution in [0.3, 0.4) is 0 Å². The SMILES string of the molecule is O=C(O)n1c(CBr)cc2c(Cl)nc(-c3ccccc3)nc21. The Labute approximate surface area is 133 Å². The van der Waals surface area contributed by atoms with E-state index in [1.807, 2.05) is 30.3 Å². The van der Waals surface area contributed by atoms with E-state index in [4.69, 9.17) is 11.6 Å². The monoisotopic (exact) mass is 365 g/mol. The molecule has 0 fully saturated rings. The average Bonchev–Trinajstić information content (AvgIpc) is 2.87. The molecule has 1 N–H and O–H groups in total. The molecule has 0 saturated carbocycles. The Morgan fingerprint density at radius 1 is 1.29 bits per heavy atom. The van der Waals surface area contributed by atoms with Gasteiger partial charge in [-0.3, -0.25) is 0 Å². The van der Waals surface area contributed by atoms with E-state index in [-0.39, 0.29) is 10.8 Å². The Morgan fingerprint density at radius 3 is 2.62 bits per heavy atom. The molecular weight excluding hydrogens is 358 g/mol. The van der Waals surface area contributed by atoms with E-state index in [0.29, 0.717) is 22.2 Å². The van der Waals surface area contributed by atoms with E-state index in [9.17, 15) is 9.90 Å². The highest BCUT2D eigenvalue weighted by Gasteiger charge is 2.19. The predicted molar refractivity (Wildman–Crippen MR) is 84.0 cm³/mol. The Bertz CT molecular complexity index is 833. The van der Waals surface area contributed by atoms with E-state index in [2.05, 4.69) is 25.9 Å². The summed E-state index contributed by atoms with van der Waals surface area (Å²) < 4.78 is 1.12.